The number of thiophene rings is 1. The molecule has 0 spiro atoms. The second kappa shape index (κ2) is 7.04. The molecule has 0 radical (unpaired) electrons. The lowest BCUT2D eigenvalue weighted by molar-refractivity contribution is -0.130. The summed E-state index contributed by atoms with van der Waals surface area (Å²) in [5, 5.41) is 10.9. The van der Waals surface area contributed by atoms with Crippen molar-refractivity contribution >= 4 is 23.2 Å². The van der Waals surface area contributed by atoms with Crippen LogP contribution in [0.5, 0.6) is 0 Å². The summed E-state index contributed by atoms with van der Waals surface area (Å²) in [6, 6.07) is 10.6. The molecule has 4 nitrogen and oxygen atoms in total. The Hall–Kier alpha value is -2.14. The fourth-order valence-electron chi connectivity index (χ4n) is 1.99. The lowest BCUT2D eigenvalue weighted by Gasteiger charge is -2.17. The topological polar surface area (TPSA) is 57.6 Å². The van der Waals surface area contributed by atoms with Crippen LogP contribution in [0.3, 0.4) is 0 Å². The quantitative estimate of drug-likeness (QED) is 0.892. The number of hydrogen-bond donors (Lipinski definition) is 1. The van der Waals surface area contributed by atoms with Crippen LogP contribution in [-0.4, -0.2) is 28.9 Å². The van der Waals surface area contributed by atoms with Gasteiger partial charge < -0.3 is 10.0 Å². The van der Waals surface area contributed by atoms with Gasteiger partial charge in [0.1, 0.15) is 0 Å². The van der Waals surface area contributed by atoms with Crippen molar-refractivity contribution in [2.75, 3.05) is 7.05 Å². The second-order valence-electron chi connectivity index (χ2n) is 4.83. The summed E-state index contributed by atoms with van der Waals surface area (Å²) in [5.74, 6) is -0.854. The van der Waals surface area contributed by atoms with Crippen LogP contribution in [0.15, 0.2) is 41.8 Å². The predicted molar refractivity (Wildman–Crippen MR) is 82.5 cm³/mol. The number of carboxylic acids is 1. The predicted octanol–water partition coefficient (Wildman–Crippen LogP) is 3.04. The zero-order valence-electron chi connectivity index (χ0n) is 11.8. The maximum Gasteiger partial charge on any atom is 0.335 e. The van der Waals surface area contributed by atoms with Crippen LogP contribution in [0.4, 0.5) is 0 Å². The normalized spacial score (nSPS) is 10.3. The molecule has 2 rings (SSSR count). The average molecular weight is 303 g/mol. The monoisotopic (exact) mass is 303 g/mol. The highest BCUT2D eigenvalue weighted by Gasteiger charge is 2.10. The molecule has 21 heavy (non-hydrogen) atoms. The van der Waals surface area contributed by atoms with Gasteiger partial charge in [-0.1, -0.05) is 18.2 Å². The summed E-state index contributed by atoms with van der Waals surface area (Å²) in [6.45, 7) is 0.489. The number of carbonyl (C=O) groups excluding carboxylic acids is 1. The molecule has 2 aromatic rings. The first-order valence-corrected chi connectivity index (χ1v) is 7.53. The van der Waals surface area contributed by atoms with Crippen LogP contribution in [0.2, 0.25) is 0 Å². The van der Waals surface area contributed by atoms with Gasteiger partial charge >= 0.3 is 5.97 Å². The molecule has 0 bridgehead atoms. The van der Waals surface area contributed by atoms with Crippen LogP contribution >= 0.6 is 11.3 Å². The van der Waals surface area contributed by atoms with Crippen LogP contribution in [0.1, 0.15) is 27.2 Å². The number of aryl methyl sites for hydroxylation is 1. The van der Waals surface area contributed by atoms with E-state index < -0.39 is 5.97 Å². The standard InChI is InChI=1S/C16H17NO3S/c1-17(15(18)9-8-14-3-2-10-21-14)11-12-4-6-13(7-5-12)16(19)20/h2-7,10H,8-9,11H2,1H3,(H,19,20). The SMILES string of the molecule is CN(Cc1ccc(C(=O)O)cc1)C(=O)CCc1cccs1. The number of benzene rings is 1. The highest BCUT2D eigenvalue weighted by molar-refractivity contribution is 7.09. The molecule has 1 heterocycles. The highest BCUT2D eigenvalue weighted by Crippen LogP contribution is 2.13. The summed E-state index contributed by atoms with van der Waals surface area (Å²) in [5.41, 5.74) is 1.18. The summed E-state index contributed by atoms with van der Waals surface area (Å²) in [7, 11) is 1.77. The number of carboxylic acid groups (broad SMARTS) is 1. The molecular formula is C16H17NO3S. The molecule has 1 aromatic carbocycles. The smallest absolute Gasteiger partial charge is 0.335 e. The largest absolute Gasteiger partial charge is 0.478 e. The molecule has 1 amide bonds. The minimum atomic E-state index is -0.943. The lowest BCUT2D eigenvalue weighted by Crippen LogP contribution is -2.26. The van der Waals surface area contributed by atoms with E-state index in [1.54, 1.807) is 47.5 Å². The van der Waals surface area contributed by atoms with E-state index in [0.29, 0.717) is 13.0 Å². The van der Waals surface area contributed by atoms with Crippen molar-refractivity contribution in [3.63, 3.8) is 0 Å². The average Bonchev–Trinajstić information content (AvgIpc) is 2.98. The van der Waals surface area contributed by atoms with E-state index in [-0.39, 0.29) is 11.5 Å². The van der Waals surface area contributed by atoms with E-state index in [2.05, 4.69) is 0 Å². The summed E-state index contributed by atoms with van der Waals surface area (Å²) < 4.78 is 0. The Kier molecular flexibility index (Phi) is 5.11. The Labute approximate surface area is 127 Å². The molecule has 0 fully saturated rings. The third kappa shape index (κ3) is 4.43. The van der Waals surface area contributed by atoms with Crippen molar-refractivity contribution < 1.29 is 14.7 Å². The lowest BCUT2D eigenvalue weighted by atomic mass is 10.1. The van der Waals surface area contributed by atoms with Gasteiger partial charge in [-0.05, 0) is 35.6 Å². The molecule has 5 heteroatoms. The molecule has 0 saturated heterocycles. The van der Waals surface area contributed by atoms with E-state index in [9.17, 15) is 9.59 Å². The van der Waals surface area contributed by atoms with Gasteiger partial charge in [0.2, 0.25) is 5.91 Å². The Balaban J connectivity index is 1.86. The molecule has 0 aliphatic heterocycles. The Morgan fingerprint density at radius 2 is 1.90 bits per heavy atom. The highest BCUT2D eigenvalue weighted by atomic mass is 32.1. The van der Waals surface area contributed by atoms with E-state index in [1.807, 2.05) is 17.5 Å². The Morgan fingerprint density at radius 1 is 1.19 bits per heavy atom. The Morgan fingerprint density at radius 3 is 2.48 bits per heavy atom. The van der Waals surface area contributed by atoms with Crippen LogP contribution in [-0.2, 0) is 17.8 Å². The van der Waals surface area contributed by atoms with Crippen LogP contribution in [0, 0.1) is 0 Å². The molecule has 0 unspecified atom stereocenters. The van der Waals surface area contributed by atoms with E-state index >= 15 is 0 Å². The molecule has 0 atom stereocenters. The van der Waals surface area contributed by atoms with Crippen LogP contribution in [0.25, 0.3) is 0 Å². The van der Waals surface area contributed by atoms with E-state index in [0.717, 1.165) is 12.0 Å². The maximum atomic E-state index is 12.1. The third-order valence-corrected chi connectivity index (χ3v) is 4.15. The molecule has 0 saturated carbocycles. The summed E-state index contributed by atoms with van der Waals surface area (Å²) in [6.07, 6.45) is 1.25. The fourth-order valence-corrected chi connectivity index (χ4v) is 2.70. The van der Waals surface area contributed by atoms with E-state index in [1.165, 1.54) is 4.88 Å². The van der Waals surface area contributed by atoms with Crippen molar-refractivity contribution in [2.45, 2.75) is 19.4 Å². The van der Waals surface area contributed by atoms with Crippen molar-refractivity contribution in [1.29, 1.82) is 0 Å². The van der Waals surface area contributed by atoms with E-state index in [4.69, 9.17) is 5.11 Å². The van der Waals surface area contributed by atoms with Gasteiger partial charge in [-0.25, -0.2) is 4.79 Å². The van der Waals surface area contributed by atoms with Crippen molar-refractivity contribution in [3.05, 3.63) is 57.8 Å². The van der Waals surface area contributed by atoms with Crippen LogP contribution < -0.4 is 0 Å². The molecule has 110 valence electrons. The van der Waals surface area contributed by atoms with Gasteiger partial charge in [0.05, 0.1) is 5.56 Å². The molecule has 1 N–H and O–H groups in total. The number of aromatic carboxylic acids is 1. The zero-order valence-corrected chi connectivity index (χ0v) is 12.6. The first-order chi connectivity index (χ1) is 10.1. The molecule has 0 aliphatic carbocycles. The van der Waals surface area contributed by atoms with Gasteiger partial charge in [0, 0.05) is 24.9 Å². The van der Waals surface area contributed by atoms with Gasteiger partial charge in [-0.15, -0.1) is 11.3 Å². The molecule has 0 aliphatic rings. The minimum Gasteiger partial charge on any atom is -0.478 e. The number of amides is 1. The number of nitrogens with zero attached hydrogens (tertiary/aromatic N) is 1. The zero-order chi connectivity index (χ0) is 15.2. The molecular weight excluding hydrogens is 286 g/mol. The summed E-state index contributed by atoms with van der Waals surface area (Å²) in [4.78, 5) is 25.7. The first-order valence-electron chi connectivity index (χ1n) is 6.65. The van der Waals surface area contributed by atoms with Gasteiger partial charge in [0.15, 0.2) is 0 Å². The van der Waals surface area contributed by atoms with Gasteiger partial charge in [-0.3, -0.25) is 4.79 Å². The number of rotatable bonds is 6. The first kappa shape index (κ1) is 15.3. The minimum absolute atomic E-state index is 0.0886. The maximum absolute atomic E-state index is 12.1. The number of carbonyl (C=O) groups is 2. The molecule has 1 aromatic heterocycles. The second-order valence-corrected chi connectivity index (χ2v) is 5.86. The summed E-state index contributed by atoms with van der Waals surface area (Å²) >= 11 is 1.66. The fraction of sp³-hybridized carbons (Fsp3) is 0.250. The Bertz CT molecular complexity index is 605. The van der Waals surface area contributed by atoms with Crippen molar-refractivity contribution in [3.8, 4) is 0 Å². The van der Waals surface area contributed by atoms with Gasteiger partial charge in [-0.2, -0.15) is 0 Å². The number of hydrogen-bond acceptors (Lipinski definition) is 3. The van der Waals surface area contributed by atoms with Gasteiger partial charge in [0.25, 0.3) is 0 Å². The van der Waals surface area contributed by atoms with Crippen molar-refractivity contribution in [2.24, 2.45) is 0 Å². The van der Waals surface area contributed by atoms with Crippen molar-refractivity contribution in [1.82, 2.24) is 4.90 Å². The third-order valence-electron chi connectivity index (χ3n) is 3.21.